The Balaban J connectivity index is 2.62. The maximum absolute atomic E-state index is 12.5. The minimum atomic E-state index is -4.47. The van der Waals surface area contributed by atoms with Gasteiger partial charge in [0, 0.05) is 11.1 Å². The Bertz CT molecular complexity index is 534. The van der Waals surface area contributed by atoms with Crippen LogP contribution in [0.2, 0.25) is 0 Å². The SMILES string of the molecule is CC(C)(C)C(=O)NCC(=O)Nc1cccc(C(F)(F)F)c1. The largest absolute Gasteiger partial charge is 0.416 e. The maximum Gasteiger partial charge on any atom is 0.416 e. The van der Waals surface area contributed by atoms with E-state index in [4.69, 9.17) is 0 Å². The summed E-state index contributed by atoms with van der Waals surface area (Å²) in [5, 5.41) is 4.72. The van der Waals surface area contributed by atoms with Crippen LogP contribution in [0.15, 0.2) is 24.3 Å². The number of amides is 2. The molecule has 0 heterocycles. The molecule has 0 saturated heterocycles. The molecule has 0 radical (unpaired) electrons. The highest BCUT2D eigenvalue weighted by Crippen LogP contribution is 2.30. The Morgan fingerprint density at radius 2 is 1.76 bits per heavy atom. The summed E-state index contributed by atoms with van der Waals surface area (Å²) in [6, 6.07) is 4.30. The fourth-order valence-corrected chi connectivity index (χ4v) is 1.40. The second-order valence-electron chi connectivity index (χ2n) is 5.56. The zero-order valence-electron chi connectivity index (χ0n) is 12.0. The van der Waals surface area contributed by atoms with Gasteiger partial charge in [-0.2, -0.15) is 13.2 Å². The summed E-state index contributed by atoms with van der Waals surface area (Å²) in [6.07, 6.45) is -4.47. The molecule has 0 aliphatic heterocycles. The third-order valence-corrected chi connectivity index (χ3v) is 2.56. The smallest absolute Gasteiger partial charge is 0.347 e. The van der Waals surface area contributed by atoms with Gasteiger partial charge in [-0.15, -0.1) is 0 Å². The number of alkyl halides is 3. The Labute approximate surface area is 120 Å². The molecule has 2 amide bonds. The first-order chi connectivity index (χ1) is 9.50. The average Bonchev–Trinajstić information content (AvgIpc) is 2.34. The van der Waals surface area contributed by atoms with Crippen LogP contribution in [0.3, 0.4) is 0 Å². The van der Waals surface area contributed by atoms with Crippen molar-refractivity contribution in [2.45, 2.75) is 26.9 Å². The summed E-state index contributed by atoms with van der Waals surface area (Å²) in [4.78, 5) is 23.2. The standard InChI is InChI=1S/C14H17F3N2O2/c1-13(2,3)12(21)18-8-11(20)19-10-6-4-5-9(7-10)14(15,16)17/h4-7H,8H2,1-3H3,(H,18,21)(H,19,20). The summed E-state index contributed by atoms with van der Waals surface area (Å²) >= 11 is 0. The third-order valence-electron chi connectivity index (χ3n) is 2.56. The molecule has 0 saturated carbocycles. The maximum atomic E-state index is 12.5. The van der Waals surface area contributed by atoms with Crippen LogP contribution in [0.1, 0.15) is 26.3 Å². The Morgan fingerprint density at radius 1 is 1.14 bits per heavy atom. The van der Waals surface area contributed by atoms with Crippen LogP contribution in [0.4, 0.5) is 18.9 Å². The normalized spacial score (nSPS) is 11.9. The average molecular weight is 302 g/mol. The van der Waals surface area contributed by atoms with Gasteiger partial charge in [0.25, 0.3) is 0 Å². The number of anilines is 1. The molecule has 0 spiro atoms. The van der Waals surface area contributed by atoms with Gasteiger partial charge in [0.1, 0.15) is 0 Å². The highest BCUT2D eigenvalue weighted by molar-refractivity contribution is 5.95. The Hall–Kier alpha value is -2.05. The van der Waals surface area contributed by atoms with Crippen LogP contribution in [0.25, 0.3) is 0 Å². The van der Waals surface area contributed by atoms with Gasteiger partial charge in [-0.1, -0.05) is 26.8 Å². The molecular weight excluding hydrogens is 285 g/mol. The number of carbonyl (C=O) groups is 2. The predicted molar refractivity (Wildman–Crippen MR) is 72.5 cm³/mol. The van der Waals surface area contributed by atoms with Crippen molar-refractivity contribution >= 4 is 17.5 Å². The van der Waals surface area contributed by atoms with Crippen LogP contribution < -0.4 is 10.6 Å². The quantitative estimate of drug-likeness (QED) is 0.902. The molecule has 7 heteroatoms. The van der Waals surface area contributed by atoms with E-state index in [2.05, 4.69) is 10.6 Å². The van der Waals surface area contributed by atoms with Crippen molar-refractivity contribution in [3.05, 3.63) is 29.8 Å². The Morgan fingerprint density at radius 3 is 2.29 bits per heavy atom. The van der Waals surface area contributed by atoms with Crippen molar-refractivity contribution in [1.82, 2.24) is 5.32 Å². The van der Waals surface area contributed by atoms with Gasteiger partial charge in [-0.25, -0.2) is 0 Å². The van der Waals surface area contributed by atoms with E-state index in [9.17, 15) is 22.8 Å². The highest BCUT2D eigenvalue weighted by Gasteiger charge is 2.30. The first kappa shape index (κ1) is 17.0. The van der Waals surface area contributed by atoms with E-state index in [0.717, 1.165) is 12.1 Å². The second kappa shape index (κ2) is 6.15. The molecule has 4 nitrogen and oxygen atoms in total. The molecule has 0 fully saturated rings. The minimum Gasteiger partial charge on any atom is -0.347 e. The molecule has 0 unspecified atom stereocenters. The number of benzene rings is 1. The third kappa shape index (κ3) is 5.45. The van der Waals surface area contributed by atoms with Crippen molar-refractivity contribution in [2.75, 3.05) is 11.9 Å². The van der Waals surface area contributed by atoms with Crippen molar-refractivity contribution in [1.29, 1.82) is 0 Å². The number of nitrogens with one attached hydrogen (secondary N) is 2. The topological polar surface area (TPSA) is 58.2 Å². The molecule has 21 heavy (non-hydrogen) atoms. The summed E-state index contributed by atoms with van der Waals surface area (Å²) in [6.45, 7) is 4.76. The molecular formula is C14H17F3N2O2. The van der Waals surface area contributed by atoms with Crippen LogP contribution >= 0.6 is 0 Å². The van der Waals surface area contributed by atoms with E-state index < -0.39 is 23.1 Å². The predicted octanol–water partition coefficient (Wildman–Crippen LogP) is 2.81. The van der Waals surface area contributed by atoms with Crippen molar-refractivity contribution in [3.63, 3.8) is 0 Å². The van der Waals surface area contributed by atoms with E-state index in [1.165, 1.54) is 12.1 Å². The number of hydrogen-bond donors (Lipinski definition) is 2. The molecule has 0 bridgehead atoms. The van der Waals surface area contributed by atoms with Gasteiger partial charge in [0.2, 0.25) is 11.8 Å². The number of halogens is 3. The number of hydrogen-bond acceptors (Lipinski definition) is 2. The zero-order chi connectivity index (χ0) is 16.3. The first-order valence-electron chi connectivity index (χ1n) is 6.25. The van der Waals surface area contributed by atoms with E-state index in [-0.39, 0.29) is 18.1 Å². The lowest BCUT2D eigenvalue weighted by Gasteiger charge is -2.17. The highest BCUT2D eigenvalue weighted by atomic mass is 19.4. The summed E-state index contributed by atoms with van der Waals surface area (Å²) in [7, 11) is 0. The van der Waals surface area contributed by atoms with Gasteiger partial charge >= 0.3 is 6.18 Å². The molecule has 0 aliphatic rings. The summed E-state index contributed by atoms with van der Waals surface area (Å²) in [5.74, 6) is -0.909. The fourth-order valence-electron chi connectivity index (χ4n) is 1.40. The van der Waals surface area contributed by atoms with Crippen molar-refractivity contribution < 1.29 is 22.8 Å². The Kier molecular flexibility index (Phi) is 4.98. The molecule has 0 aliphatic carbocycles. The molecule has 0 aromatic heterocycles. The van der Waals surface area contributed by atoms with Crippen LogP contribution in [0, 0.1) is 5.41 Å². The van der Waals surface area contributed by atoms with Crippen LogP contribution in [-0.4, -0.2) is 18.4 Å². The van der Waals surface area contributed by atoms with Crippen LogP contribution in [0.5, 0.6) is 0 Å². The summed E-state index contributed by atoms with van der Waals surface area (Å²) in [5.41, 5.74) is -1.46. The van der Waals surface area contributed by atoms with Gasteiger partial charge in [-0.3, -0.25) is 9.59 Å². The fraction of sp³-hybridized carbons (Fsp3) is 0.429. The number of rotatable bonds is 3. The minimum absolute atomic E-state index is 0.0276. The zero-order valence-corrected chi connectivity index (χ0v) is 12.0. The monoisotopic (exact) mass is 302 g/mol. The molecule has 1 rings (SSSR count). The molecule has 116 valence electrons. The summed E-state index contributed by atoms with van der Waals surface area (Å²) < 4.78 is 37.6. The lowest BCUT2D eigenvalue weighted by Crippen LogP contribution is -2.39. The first-order valence-corrected chi connectivity index (χ1v) is 6.25. The van der Waals surface area contributed by atoms with Gasteiger partial charge in [0.15, 0.2) is 0 Å². The molecule has 1 aromatic carbocycles. The second-order valence-corrected chi connectivity index (χ2v) is 5.56. The molecule has 2 N–H and O–H groups in total. The van der Waals surface area contributed by atoms with Crippen molar-refractivity contribution in [3.8, 4) is 0 Å². The lowest BCUT2D eigenvalue weighted by molar-refractivity contribution is -0.137. The van der Waals surface area contributed by atoms with Gasteiger partial charge in [-0.05, 0) is 18.2 Å². The van der Waals surface area contributed by atoms with E-state index in [1.807, 2.05) is 0 Å². The molecule has 1 aromatic rings. The van der Waals surface area contributed by atoms with Crippen molar-refractivity contribution in [2.24, 2.45) is 5.41 Å². The van der Waals surface area contributed by atoms with Gasteiger partial charge in [0.05, 0.1) is 12.1 Å². The lowest BCUT2D eigenvalue weighted by atomic mass is 9.96. The molecule has 0 atom stereocenters. The number of carbonyl (C=O) groups excluding carboxylic acids is 2. The van der Waals surface area contributed by atoms with E-state index in [0.29, 0.717) is 0 Å². The van der Waals surface area contributed by atoms with E-state index >= 15 is 0 Å². The van der Waals surface area contributed by atoms with Gasteiger partial charge < -0.3 is 10.6 Å². The van der Waals surface area contributed by atoms with E-state index in [1.54, 1.807) is 20.8 Å². The van der Waals surface area contributed by atoms with Crippen LogP contribution in [-0.2, 0) is 15.8 Å².